The Hall–Kier alpha value is -1.10. The summed E-state index contributed by atoms with van der Waals surface area (Å²) in [4.78, 5) is 24.7. The summed E-state index contributed by atoms with van der Waals surface area (Å²) >= 11 is 0. The summed E-state index contributed by atoms with van der Waals surface area (Å²) in [6.45, 7) is 6.15. The number of carbonyl (C=O) groups is 2. The molecule has 0 spiro atoms. The molecule has 110 valence electrons. The van der Waals surface area contributed by atoms with Gasteiger partial charge in [-0.05, 0) is 38.1 Å². The molecule has 1 fully saturated rings. The van der Waals surface area contributed by atoms with Gasteiger partial charge >= 0.3 is 5.97 Å². The second-order valence-corrected chi connectivity index (χ2v) is 5.42. The maximum Gasteiger partial charge on any atom is 0.303 e. The number of hydrogen-bond donors (Lipinski definition) is 2. The van der Waals surface area contributed by atoms with Crippen LogP contribution < -0.4 is 5.32 Å². The van der Waals surface area contributed by atoms with Gasteiger partial charge in [0.05, 0.1) is 6.54 Å². The average molecular weight is 270 g/mol. The fourth-order valence-corrected chi connectivity index (χ4v) is 2.68. The molecule has 1 amide bonds. The zero-order valence-corrected chi connectivity index (χ0v) is 12.0. The van der Waals surface area contributed by atoms with Crippen LogP contribution in [0, 0.1) is 5.92 Å². The Kier molecular flexibility index (Phi) is 6.84. The Bertz CT molecular complexity index is 303. The lowest BCUT2D eigenvalue weighted by Crippen LogP contribution is -2.45. The summed E-state index contributed by atoms with van der Waals surface area (Å²) in [6.07, 6.45) is 4.05. The van der Waals surface area contributed by atoms with Crippen molar-refractivity contribution in [3.8, 4) is 0 Å². The monoisotopic (exact) mass is 270 g/mol. The van der Waals surface area contributed by atoms with Crippen LogP contribution in [-0.2, 0) is 9.59 Å². The van der Waals surface area contributed by atoms with Gasteiger partial charge in [-0.2, -0.15) is 0 Å². The molecule has 1 aliphatic heterocycles. The van der Waals surface area contributed by atoms with Crippen molar-refractivity contribution in [2.24, 2.45) is 5.92 Å². The number of aliphatic carboxylic acids is 1. The molecule has 1 aliphatic rings. The van der Waals surface area contributed by atoms with Gasteiger partial charge in [-0.15, -0.1) is 0 Å². The minimum Gasteiger partial charge on any atom is -0.481 e. The largest absolute Gasteiger partial charge is 0.481 e. The van der Waals surface area contributed by atoms with E-state index in [-0.39, 0.29) is 24.3 Å². The molecule has 2 N–H and O–H groups in total. The van der Waals surface area contributed by atoms with Gasteiger partial charge in [-0.25, -0.2) is 0 Å². The van der Waals surface area contributed by atoms with E-state index in [4.69, 9.17) is 5.11 Å². The Morgan fingerprint density at radius 1 is 1.37 bits per heavy atom. The van der Waals surface area contributed by atoms with Gasteiger partial charge in [-0.1, -0.05) is 13.8 Å². The first-order valence-electron chi connectivity index (χ1n) is 7.28. The second kappa shape index (κ2) is 8.15. The molecule has 0 radical (unpaired) electrons. The maximum absolute atomic E-state index is 11.9. The highest BCUT2D eigenvalue weighted by molar-refractivity contribution is 5.78. The van der Waals surface area contributed by atoms with Crippen molar-refractivity contribution in [1.82, 2.24) is 10.2 Å². The van der Waals surface area contributed by atoms with Crippen LogP contribution in [0.15, 0.2) is 0 Å². The van der Waals surface area contributed by atoms with Crippen molar-refractivity contribution >= 4 is 11.9 Å². The fraction of sp³-hybridized carbons (Fsp3) is 0.857. The van der Waals surface area contributed by atoms with Crippen LogP contribution in [0.1, 0.15) is 46.0 Å². The predicted octanol–water partition coefficient (Wildman–Crippen LogP) is 1.48. The molecule has 0 bridgehead atoms. The molecule has 1 rings (SSSR count). The number of likely N-dealkylation sites (tertiary alicyclic amines) is 1. The zero-order chi connectivity index (χ0) is 14.3. The molecular weight excluding hydrogens is 244 g/mol. The van der Waals surface area contributed by atoms with Crippen molar-refractivity contribution in [3.63, 3.8) is 0 Å². The third kappa shape index (κ3) is 6.05. The van der Waals surface area contributed by atoms with Crippen LogP contribution in [0.2, 0.25) is 0 Å². The summed E-state index contributed by atoms with van der Waals surface area (Å²) in [5, 5.41) is 11.8. The molecule has 1 saturated heterocycles. The molecule has 0 aromatic rings. The number of piperidine rings is 1. The normalized spacial score (nSPS) is 20.5. The van der Waals surface area contributed by atoms with Crippen molar-refractivity contribution in [2.45, 2.75) is 52.0 Å². The maximum atomic E-state index is 11.9. The van der Waals surface area contributed by atoms with Gasteiger partial charge in [0.25, 0.3) is 0 Å². The first kappa shape index (κ1) is 16.0. The lowest BCUT2D eigenvalue weighted by atomic mass is 9.95. The van der Waals surface area contributed by atoms with Gasteiger partial charge < -0.3 is 10.4 Å². The summed E-state index contributed by atoms with van der Waals surface area (Å²) in [5.41, 5.74) is 0. The van der Waals surface area contributed by atoms with Crippen LogP contribution in [-0.4, -0.2) is 47.6 Å². The number of carboxylic acids is 1. The van der Waals surface area contributed by atoms with Crippen molar-refractivity contribution < 1.29 is 14.7 Å². The summed E-state index contributed by atoms with van der Waals surface area (Å²) < 4.78 is 0. The number of carboxylic acid groups (broad SMARTS) is 1. The number of hydrogen-bond acceptors (Lipinski definition) is 3. The van der Waals surface area contributed by atoms with Crippen LogP contribution in [0.25, 0.3) is 0 Å². The molecule has 0 aromatic carbocycles. The third-order valence-corrected chi connectivity index (χ3v) is 3.78. The first-order chi connectivity index (χ1) is 9.05. The lowest BCUT2D eigenvalue weighted by Gasteiger charge is -2.31. The molecule has 1 unspecified atom stereocenters. The van der Waals surface area contributed by atoms with Gasteiger partial charge in [0, 0.05) is 19.0 Å². The molecule has 0 aliphatic carbocycles. The van der Waals surface area contributed by atoms with E-state index >= 15 is 0 Å². The highest BCUT2D eigenvalue weighted by Gasteiger charge is 2.23. The first-order valence-corrected chi connectivity index (χ1v) is 7.28. The van der Waals surface area contributed by atoms with E-state index in [0.717, 1.165) is 38.8 Å². The van der Waals surface area contributed by atoms with Gasteiger partial charge in [0.2, 0.25) is 5.91 Å². The molecule has 0 saturated carbocycles. The number of carbonyl (C=O) groups excluding carboxylic acids is 1. The Morgan fingerprint density at radius 3 is 2.63 bits per heavy atom. The van der Waals surface area contributed by atoms with Crippen molar-refractivity contribution in [2.75, 3.05) is 19.6 Å². The van der Waals surface area contributed by atoms with E-state index in [1.54, 1.807) is 0 Å². The minimum absolute atomic E-state index is 0.0599. The molecule has 5 nitrogen and oxygen atoms in total. The molecular formula is C14H26N2O3. The summed E-state index contributed by atoms with van der Waals surface area (Å²) in [6, 6.07) is 0.257. The van der Waals surface area contributed by atoms with Crippen LogP contribution in [0.3, 0.4) is 0 Å². The Labute approximate surface area is 115 Å². The van der Waals surface area contributed by atoms with E-state index in [1.165, 1.54) is 0 Å². The van der Waals surface area contributed by atoms with E-state index in [9.17, 15) is 9.59 Å². The van der Waals surface area contributed by atoms with Crippen LogP contribution in [0.4, 0.5) is 0 Å². The van der Waals surface area contributed by atoms with E-state index in [1.807, 2.05) is 0 Å². The van der Waals surface area contributed by atoms with Crippen molar-refractivity contribution in [3.05, 3.63) is 0 Å². The molecule has 1 heterocycles. The predicted molar refractivity (Wildman–Crippen MR) is 73.9 cm³/mol. The fourth-order valence-electron chi connectivity index (χ4n) is 2.68. The number of rotatable bonds is 7. The minimum atomic E-state index is -0.742. The molecule has 1 atom stereocenters. The van der Waals surface area contributed by atoms with Gasteiger partial charge in [0.15, 0.2) is 0 Å². The van der Waals surface area contributed by atoms with E-state index in [2.05, 4.69) is 24.1 Å². The van der Waals surface area contributed by atoms with Crippen LogP contribution >= 0.6 is 0 Å². The van der Waals surface area contributed by atoms with Gasteiger partial charge in [-0.3, -0.25) is 14.5 Å². The lowest BCUT2D eigenvalue weighted by molar-refractivity contribution is -0.138. The molecule has 19 heavy (non-hydrogen) atoms. The average Bonchev–Trinajstić information content (AvgIpc) is 2.35. The number of nitrogens with one attached hydrogen (secondary N) is 1. The highest BCUT2D eigenvalue weighted by atomic mass is 16.4. The second-order valence-electron chi connectivity index (χ2n) is 5.42. The topological polar surface area (TPSA) is 69.6 Å². The standard InChI is InChI=1S/C14H26N2O3/c1-3-12(4-2)15-13(17)10-16-7-5-6-11(9-16)8-14(18)19/h11-12H,3-10H2,1-2H3,(H,15,17)(H,18,19). The van der Waals surface area contributed by atoms with E-state index in [0.29, 0.717) is 6.54 Å². The SMILES string of the molecule is CCC(CC)NC(=O)CN1CCCC(CC(=O)O)C1. The van der Waals surface area contributed by atoms with Gasteiger partial charge in [0.1, 0.15) is 0 Å². The smallest absolute Gasteiger partial charge is 0.303 e. The zero-order valence-electron chi connectivity index (χ0n) is 12.0. The number of amides is 1. The third-order valence-electron chi connectivity index (χ3n) is 3.78. The molecule has 0 aromatic heterocycles. The Balaban J connectivity index is 2.35. The summed E-state index contributed by atoms with van der Waals surface area (Å²) in [7, 11) is 0. The van der Waals surface area contributed by atoms with E-state index < -0.39 is 5.97 Å². The highest BCUT2D eigenvalue weighted by Crippen LogP contribution is 2.19. The quantitative estimate of drug-likeness (QED) is 0.735. The molecule has 5 heteroatoms. The summed E-state index contributed by atoms with van der Waals surface area (Å²) in [5.74, 6) is -0.495. The Morgan fingerprint density at radius 2 is 2.05 bits per heavy atom. The van der Waals surface area contributed by atoms with Crippen LogP contribution in [0.5, 0.6) is 0 Å². The van der Waals surface area contributed by atoms with Crippen molar-refractivity contribution in [1.29, 1.82) is 0 Å². The number of nitrogens with zero attached hydrogens (tertiary/aromatic N) is 1.